The number of nitrogens with one attached hydrogen (secondary N) is 2. The molecule has 0 aromatic rings. The van der Waals surface area contributed by atoms with Crippen LogP contribution in [-0.4, -0.2) is 44.0 Å². The van der Waals surface area contributed by atoms with Crippen LogP contribution in [0.2, 0.25) is 0 Å². The maximum atomic E-state index is 11.8. The lowest BCUT2D eigenvalue weighted by molar-refractivity contribution is 0.0473. The first-order valence-electron chi connectivity index (χ1n) is 6.64. The topological polar surface area (TPSA) is 59.6 Å². The number of hydrogen-bond acceptors (Lipinski definition) is 4. The Kier molecular flexibility index (Phi) is 5.88. The minimum absolute atomic E-state index is 0.128. The molecule has 1 fully saturated rings. The highest BCUT2D eigenvalue weighted by Gasteiger charge is 2.27. The molecule has 0 radical (unpaired) electrons. The second-order valence-electron chi connectivity index (χ2n) is 5.74. The SMILES string of the molecule is COCC[C@H]1NCCC[C@H]1NC(=O)OC(C)(C)C. The summed E-state index contributed by atoms with van der Waals surface area (Å²) in [6.45, 7) is 7.31. The quantitative estimate of drug-likeness (QED) is 0.805. The van der Waals surface area contributed by atoms with Crippen molar-refractivity contribution in [3.05, 3.63) is 0 Å². The molecule has 5 nitrogen and oxygen atoms in total. The van der Waals surface area contributed by atoms with Gasteiger partial charge < -0.3 is 20.1 Å². The molecular formula is C13H26N2O3. The lowest BCUT2D eigenvalue weighted by Crippen LogP contribution is -2.54. The average Bonchev–Trinajstić information content (AvgIpc) is 2.25. The highest BCUT2D eigenvalue weighted by molar-refractivity contribution is 5.68. The van der Waals surface area contributed by atoms with Gasteiger partial charge in [0.1, 0.15) is 5.60 Å². The van der Waals surface area contributed by atoms with Gasteiger partial charge in [0.25, 0.3) is 0 Å². The maximum Gasteiger partial charge on any atom is 0.407 e. The first-order valence-corrected chi connectivity index (χ1v) is 6.64. The molecule has 18 heavy (non-hydrogen) atoms. The number of amides is 1. The van der Waals surface area contributed by atoms with Crippen LogP contribution >= 0.6 is 0 Å². The van der Waals surface area contributed by atoms with Crippen LogP contribution in [0.25, 0.3) is 0 Å². The van der Waals surface area contributed by atoms with Crippen LogP contribution in [0.15, 0.2) is 0 Å². The predicted molar refractivity (Wildman–Crippen MR) is 70.7 cm³/mol. The van der Waals surface area contributed by atoms with Crippen molar-refractivity contribution < 1.29 is 14.3 Å². The Morgan fingerprint density at radius 3 is 2.78 bits per heavy atom. The van der Waals surface area contributed by atoms with Gasteiger partial charge in [-0.1, -0.05) is 0 Å². The molecule has 0 spiro atoms. The molecule has 0 unspecified atom stereocenters. The van der Waals surface area contributed by atoms with Crippen LogP contribution in [0, 0.1) is 0 Å². The largest absolute Gasteiger partial charge is 0.444 e. The van der Waals surface area contributed by atoms with Crippen molar-refractivity contribution >= 4 is 6.09 Å². The van der Waals surface area contributed by atoms with Gasteiger partial charge in [0.05, 0.1) is 0 Å². The van der Waals surface area contributed by atoms with Crippen LogP contribution in [0.1, 0.15) is 40.0 Å². The Balaban J connectivity index is 2.43. The minimum Gasteiger partial charge on any atom is -0.444 e. The summed E-state index contributed by atoms with van der Waals surface area (Å²) >= 11 is 0. The van der Waals surface area contributed by atoms with Gasteiger partial charge in [-0.2, -0.15) is 0 Å². The molecular weight excluding hydrogens is 232 g/mol. The van der Waals surface area contributed by atoms with Crippen molar-refractivity contribution in [2.45, 2.75) is 57.7 Å². The maximum absolute atomic E-state index is 11.8. The van der Waals surface area contributed by atoms with E-state index in [1.807, 2.05) is 20.8 Å². The fourth-order valence-corrected chi connectivity index (χ4v) is 2.13. The smallest absolute Gasteiger partial charge is 0.407 e. The standard InChI is InChI=1S/C13H26N2O3/c1-13(2,3)18-12(16)15-11-6-5-8-14-10(11)7-9-17-4/h10-11,14H,5-9H2,1-4H3,(H,15,16)/t10-,11-/m1/s1. The molecule has 2 N–H and O–H groups in total. The van der Waals surface area contributed by atoms with Crippen molar-refractivity contribution in [3.8, 4) is 0 Å². The van der Waals surface area contributed by atoms with Gasteiger partial charge >= 0.3 is 6.09 Å². The van der Waals surface area contributed by atoms with E-state index in [0.29, 0.717) is 6.61 Å². The summed E-state index contributed by atoms with van der Waals surface area (Å²) in [5.74, 6) is 0. The van der Waals surface area contributed by atoms with E-state index < -0.39 is 5.60 Å². The highest BCUT2D eigenvalue weighted by atomic mass is 16.6. The first-order chi connectivity index (χ1) is 8.42. The van der Waals surface area contributed by atoms with Gasteiger partial charge in [0, 0.05) is 25.8 Å². The zero-order valence-electron chi connectivity index (χ0n) is 11.9. The Labute approximate surface area is 110 Å². The third-order valence-corrected chi connectivity index (χ3v) is 2.92. The van der Waals surface area contributed by atoms with Crippen molar-refractivity contribution in [3.63, 3.8) is 0 Å². The monoisotopic (exact) mass is 258 g/mol. The molecule has 5 heteroatoms. The van der Waals surface area contributed by atoms with E-state index in [1.54, 1.807) is 7.11 Å². The van der Waals surface area contributed by atoms with E-state index in [1.165, 1.54) is 0 Å². The van der Waals surface area contributed by atoms with Gasteiger partial charge in [0.15, 0.2) is 0 Å². The molecule has 1 rings (SSSR count). The summed E-state index contributed by atoms with van der Waals surface area (Å²) in [6, 6.07) is 0.398. The van der Waals surface area contributed by atoms with Gasteiger partial charge in [-0.25, -0.2) is 4.79 Å². The number of ether oxygens (including phenoxy) is 2. The van der Waals surface area contributed by atoms with Crippen LogP contribution in [0.4, 0.5) is 4.79 Å². The summed E-state index contributed by atoms with van der Waals surface area (Å²) in [6.07, 6.45) is 2.63. The molecule has 2 atom stereocenters. The summed E-state index contributed by atoms with van der Waals surface area (Å²) in [7, 11) is 1.69. The van der Waals surface area contributed by atoms with Crippen LogP contribution < -0.4 is 10.6 Å². The molecule has 0 saturated carbocycles. The molecule has 1 amide bonds. The summed E-state index contributed by atoms with van der Waals surface area (Å²) in [5.41, 5.74) is -0.450. The molecule has 0 bridgehead atoms. The number of rotatable bonds is 4. The zero-order valence-corrected chi connectivity index (χ0v) is 11.9. The number of piperidine rings is 1. The molecule has 106 valence electrons. The van der Waals surface area contributed by atoms with Gasteiger partial charge in [0.2, 0.25) is 0 Å². The van der Waals surface area contributed by atoms with Gasteiger partial charge in [-0.3, -0.25) is 0 Å². The van der Waals surface area contributed by atoms with E-state index in [9.17, 15) is 4.79 Å². The van der Waals surface area contributed by atoms with E-state index >= 15 is 0 Å². The van der Waals surface area contributed by atoms with E-state index in [-0.39, 0.29) is 18.2 Å². The third-order valence-electron chi connectivity index (χ3n) is 2.92. The number of carbonyl (C=O) groups excluding carboxylic acids is 1. The lowest BCUT2D eigenvalue weighted by atomic mass is 9.96. The summed E-state index contributed by atoms with van der Waals surface area (Å²) in [5, 5.41) is 6.38. The Morgan fingerprint density at radius 1 is 1.44 bits per heavy atom. The van der Waals surface area contributed by atoms with Crippen LogP contribution in [0.3, 0.4) is 0 Å². The van der Waals surface area contributed by atoms with E-state index in [0.717, 1.165) is 25.8 Å². The molecule has 0 aliphatic carbocycles. The lowest BCUT2D eigenvalue weighted by Gasteiger charge is -2.33. The third kappa shape index (κ3) is 5.69. The average molecular weight is 258 g/mol. The summed E-state index contributed by atoms with van der Waals surface area (Å²) in [4.78, 5) is 11.8. The highest BCUT2D eigenvalue weighted by Crippen LogP contribution is 2.13. The van der Waals surface area contributed by atoms with Crippen molar-refractivity contribution in [2.24, 2.45) is 0 Å². The Morgan fingerprint density at radius 2 is 2.17 bits per heavy atom. The van der Waals surface area contributed by atoms with E-state index in [2.05, 4.69) is 10.6 Å². The number of methoxy groups -OCH3 is 1. The van der Waals surface area contributed by atoms with Crippen LogP contribution in [0.5, 0.6) is 0 Å². The predicted octanol–water partition coefficient (Wildman–Crippen LogP) is 1.67. The minimum atomic E-state index is -0.450. The molecule has 1 saturated heterocycles. The molecule has 1 heterocycles. The molecule has 0 aromatic heterocycles. The number of carbonyl (C=O) groups is 1. The van der Waals surface area contributed by atoms with Crippen molar-refractivity contribution in [2.75, 3.05) is 20.3 Å². The van der Waals surface area contributed by atoms with Crippen molar-refractivity contribution in [1.82, 2.24) is 10.6 Å². The zero-order chi connectivity index (χ0) is 13.6. The second-order valence-corrected chi connectivity index (χ2v) is 5.74. The van der Waals surface area contributed by atoms with Gasteiger partial charge in [-0.05, 0) is 46.6 Å². The number of alkyl carbamates (subject to hydrolysis) is 1. The fourth-order valence-electron chi connectivity index (χ4n) is 2.13. The molecule has 0 aromatic carbocycles. The molecule has 1 aliphatic heterocycles. The van der Waals surface area contributed by atoms with Gasteiger partial charge in [-0.15, -0.1) is 0 Å². The van der Waals surface area contributed by atoms with Crippen molar-refractivity contribution in [1.29, 1.82) is 0 Å². The van der Waals surface area contributed by atoms with Crippen LogP contribution in [-0.2, 0) is 9.47 Å². The first kappa shape index (κ1) is 15.2. The molecule has 1 aliphatic rings. The summed E-state index contributed by atoms with van der Waals surface area (Å²) < 4.78 is 10.4. The normalized spacial score (nSPS) is 24.7. The number of hydrogen-bond donors (Lipinski definition) is 2. The Hall–Kier alpha value is -0.810. The Bertz CT molecular complexity index is 263. The second kappa shape index (κ2) is 6.95. The van der Waals surface area contributed by atoms with E-state index in [4.69, 9.17) is 9.47 Å². The fraction of sp³-hybridized carbons (Fsp3) is 0.923.